The van der Waals surface area contributed by atoms with Crippen LogP contribution < -0.4 is 15.2 Å². The Morgan fingerprint density at radius 2 is 1.90 bits per heavy atom. The molecule has 0 heterocycles. The summed E-state index contributed by atoms with van der Waals surface area (Å²) in [4.78, 5) is 0. The van der Waals surface area contributed by atoms with Crippen LogP contribution in [0.5, 0.6) is 17.2 Å². The lowest BCUT2D eigenvalue weighted by Gasteiger charge is -2.11. The molecule has 0 aliphatic heterocycles. The Labute approximate surface area is 123 Å². The van der Waals surface area contributed by atoms with Crippen molar-refractivity contribution in [3.63, 3.8) is 0 Å². The van der Waals surface area contributed by atoms with Crippen LogP contribution in [0.2, 0.25) is 0 Å². The van der Waals surface area contributed by atoms with Crippen molar-refractivity contribution in [3.05, 3.63) is 46.4 Å². The van der Waals surface area contributed by atoms with Gasteiger partial charge in [-0.3, -0.25) is 0 Å². The Hall–Kier alpha value is -1.82. The van der Waals surface area contributed by atoms with E-state index < -0.39 is 11.6 Å². The number of hydrogen-bond donors (Lipinski definition) is 1. The summed E-state index contributed by atoms with van der Waals surface area (Å²) in [5, 5.41) is 0. The Kier molecular flexibility index (Phi) is 4.44. The molecule has 106 valence electrons. The van der Waals surface area contributed by atoms with E-state index >= 15 is 0 Å². The van der Waals surface area contributed by atoms with Crippen LogP contribution in [0.4, 0.5) is 14.5 Å². The zero-order chi connectivity index (χ0) is 14.7. The smallest absolute Gasteiger partial charge is 0.201 e. The molecule has 0 saturated heterocycles. The molecule has 2 rings (SSSR count). The summed E-state index contributed by atoms with van der Waals surface area (Å²) < 4.78 is 37.9. The van der Waals surface area contributed by atoms with Crippen LogP contribution in [0.25, 0.3) is 0 Å². The number of anilines is 1. The molecule has 0 spiro atoms. The highest BCUT2D eigenvalue weighted by Gasteiger charge is 2.13. The van der Waals surface area contributed by atoms with Gasteiger partial charge in [0.2, 0.25) is 5.82 Å². The molecule has 0 bridgehead atoms. The predicted molar refractivity (Wildman–Crippen MR) is 76.2 cm³/mol. The lowest BCUT2D eigenvalue weighted by molar-refractivity contribution is 0.339. The van der Waals surface area contributed by atoms with E-state index in [1.54, 1.807) is 12.1 Å². The zero-order valence-electron chi connectivity index (χ0n) is 10.6. The van der Waals surface area contributed by atoms with Gasteiger partial charge in [0.1, 0.15) is 11.5 Å². The standard InChI is InChI=1S/C14H12BrF2NO2/c1-2-19-12-7-9(3-4-11(12)18)20-13-6-8(15)5-10(16)14(13)17/h3-7H,2,18H2,1H3. The second-order valence-electron chi connectivity index (χ2n) is 3.93. The summed E-state index contributed by atoms with van der Waals surface area (Å²) in [6.45, 7) is 2.25. The molecule has 3 nitrogen and oxygen atoms in total. The topological polar surface area (TPSA) is 44.5 Å². The summed E-state index contributed by atoms with van der Waals surface area (Å²) in [6.07, 6.45) is 0. The quantitative estimate of drug-likeness (QED) is 0.656. The normalized spacial score (nSPS) is 10.4. The molecule has 0 aliphatic carbocycles. The molecule has 6 heteroatoms. The van der Waals surface area contributed by atoms with E-state index in [2.05, 4.69) is 15.9 Å². The van der Waals surface area contributed by atoms with Gasteiger partial charge in [0.05, 0.1) is 12.3 Å². The number of benzene rings is 2. The molecular formula is C14H12BrF2NO2. The highest BCUT2D eigenvalue weighted by Crippen LogP contribution is 2.33. The second kappa shape index (κ2) is 6.09. The Bertz CT molecular complexity index is 635. The minimum absolute atomic E-state index is 0.218. The summed E-state index contributed by atoms with van der Waals surface area (Å²) in [5.74, 6) is -1.53. The average Bonchev–Trinajstić information content (AvgIpc) is 2.39. The first kappa shape index (κ1) is 14.6. The molecule has 2 aromatic carbocycles. The maximum absolute atomic E-state index is 13.6. The monoisotopic (exact) mass is 343 g/mol. The number of halogens is 3. The van der Waals surface area contributed by atoms with Crippen LogP contribution in [0.15, 0.2) is 34.8 Å². The van der Waals surface area contributed by atoms with E-state index in [0.29, 0.717) is 28.3 Å². The van der Waals surface area contributed by atoms with Gasteiger partial charge in [-0.15, -0.1) is 0 Å². The SMILES string of the molecule is CCOc1cc(Oc2cc(Br)cc(F)c2F)ccc1N. The summed E-state index contributed by atoms with van der Waals surface area (Å²) in [5.41, 5.74) is 6.17. The van der Waals surface area contributed by atoms with Crippen LogP contribution in [0.3, 0.4) is 0 Å². The number of ether oxygens (including phenoxy) is 2. The molecule has 0 atom stereocenters. The maximum atomic E-state index is 13.6. The first-order valence-electron chi connectivity index (χ1n) is 5.86. The first-order valence-corrected chi connectivity index (χ1v) is 6.65. The molecule has 2 N–H and O–H groups in total. The van der Waals surface area contributed by atoms with Gasteiger partial charge >= 0.3 is 0 Å². The highest BCUT2D eigenvalue weighted by atomic mass is 79.9. The van der Waals surface area contributed by atoms with Crippen molar-refractivity contribution in [2.45, 2.75) is 6.92 Å². The fourth-order valence-corrected chi connectivity index (χ4v) is 2.00. The molecule has 0 fully saturated rings. The molecule has 2 aromatic rings. The summed E-state index contributed by atoms with van der Waals surface area (Å²) in [7, 11) is 0. The number of hydrogen-bond acceptors (Lipinski definition) is 3. The molecule has 0 aliphatic rings. The Balaban J connectivity index is 2.33. The van der Waals surface area contributed by atoms with Gasteiger partial charge in [-0.25, -0.2) is 4.39 Å². The molecule has 20 heavy (non-hydrogen) atoms. The molecule has 0 amide bonds. The summed E-state index contributed by atoms with van der Waals surface area (Å²) in [6, 6.07) is 7.02. The predicted octanol–water partition coefficient (Wildman–Crippen LogP) is 4.50. The molecular weight excluding hydrogens is 332 g/mol. The number of rotatable bonds is 4. The Morgan fingerprint density at radius 3 is 2.60 bits per heavy atom. The van der Waals surface area contributed by atoms with Crippen molar-refractivity contribution in [2.75, 3.05) is 12.3 Å². The third-order valence-electron chi connectivity index (χ3n) is 2.47. The zero-order valence-corrected chi connectivity index (χ0v) is 12.2. The largest absolute Gasteiger partial charge is 0.492 e. The van der Waals surface area contributed by atoms with E-state index in [4.69, 9.17) is 15.2 Å². The first-order chi connectivity index (χ1) is 9.51. The van der Waals surface area contributed by atoms with Crippen LogP contribution in [0.1, 0.15) is 6.92 Å². The average molecular weight is 344 g/mol. The molecule has 0 aromatic heterocycles. The van der Waals surface area contributed by atoms with Crippen molar-refractivity contribution in [3.8, 4) is 17.2 Å². The van der Waals surface area contributed by atoms with Crippen molar-refractivity contribution in [2.24, 2.45) is 0 Å². The van der Waals surface area contributed by atoms with Crippen molar-refractivity contribution in [1.82, 2.24) is 0 Å². The molecule has 0 radical (unpaired) electrons. The van der Waals surface area contributed by atoms with Gasteiger partial charge in [0, 0.05) is 10.5 Å². The number of nitrogens with two attached hydrogens (primary N) is 1. The van der Waals surface area contributed by atoms with Crippen LogP contribution in [-0.2, 0) is 0 Å². The summed E-state index contributed by atoms with van der Waals surface area (Å²) >= 11 is 3.08. The minimum atomic E-state index is -1.05. The third-order valence-corrected chi connectivity index (χ3v) is 2.93. The molecule has 0 saturated carbocycles. The molecule has 0 unspecified atom stereocenters. The van der Waals surface area contributed by atoms with Crippen LogP contribution in [0, 0.1) is 11.6 Å². The van der Waals surface area contributed by atoms with E-state index in [9.17, 15) is 8.78 Å². The van der Waals surface area contributed by atoms with Gasteiger partial charge < -0.3 is 15.2 Å². The van der Waals surface area contributed by atoms with Gasteiger partial charge in [0.15, 0.2) is 11.6 Å². The minimum Gasteiger partial charge on any atom is -0.492 e. The highest BCUT2D eigenvalue weighted by molar-refractivity contribution is 9.10. The number of nitrogen functional groups attached to an aromatic ring is 1. The Morgan fingerprint density at radius 1 is 1.15 bits per heavy atom. The second-order valence-corrected chi connectivity index (χ2v) is 4.85. The fourth-order valence-electron chi connectivity index (χ4n) is 1.59. The van der Waals surface area contributed by atoms with Gasteiger partial charge in [0.25, 0.3) is 0 Å². The van der Waals surface area contributed by atoms with E-state index in [1.165, 1.54) is 12.1 Å². The van der Waals surface area contributed by atoms with E-state index in [1.807, 2.05) is 6.92 Å². The van der Waals surface area contributed by atoms with E-state index in [-0.39, 0.29) is 5.75 Å². The van der Waals surface area contributed by atoms with Gasteiger partial charge in [-0.05, 0) is 31.2 Å². The van der Waals surface area contributed by atoms with Gasteiger partial charge in [-0.2, -0.15) is 4.39 Å². The van der Waals surface area contributed by atoms with Crippen LogP contribution >= 0.6 is 15.9 Å². The van der Waals surface area contributed by atoms with E-state index in [0.717, 1.165) is 6.07 Å². The lowest BCUT2D eigenvalue weighted by atomic mass is 10.2. The van der Waals surface area contributed by atoms with Crippen molar-refractivity contribution < 1.29 is 18.3 Å². The van der Waals surface area contributed by atoms with Crippen molar-refractivity contribution >= 4 is 21.6 Å². The third kappa shape index (κ3) is 3.19. The van der Waals surface area contributed by atoms with Crippen molar-refractivity contribution in [1.29, 1.82) is 0 Å². The lowest BCUT2D eigenvalue weighted by Crippen LogP contribution is -1.98. The maximum Gasteiger partial charge on any atom is 0.201 e. The van der Waals surface area contributed by atoms with Crippen LogP contribution in [-0.4, -0.2) is 6.61 Å². The van der Waals surface area contributed by atoms with Gasteiger partial charge in [-0.1, -0.05) is 15.9 Å². The fraction of sp³-hybridized carbons (Fsp3) is 0.143.